The van der Waals surface area contributed by atoms with Crippen LogP contribution in [0.1, 0.15) is 17.5 Å². The van der Waals surface area contributed by atoms with Crippen molar-refractivity contribution in [1.82, 2.24) is 4.98 Å². The van der Waals surface area contributed by atoms with E-state index >= 15 is 0 Å². The molecule has 0 saturated carbocycles. The SMILES string of the molecule is Clc1nc2c(c3c1NCCC3)CCO2. The van der Waals surface area contributed by atoms with Gasteiger partial charge in [-0.1, -0.05) is 11.6 Å². The molecule has 0 aromatic carbocycles. The predicted molar refractivity (Wildman–Crippen MR) is 55.3 cm³/mol. The molecule has 1 aromatic heterocycles. The van der Waals surface area contributed by atoms with Gasteiger partial charge in [0.25, 0.3) is 0 Å². The summed E-state index contributed by atoms with van der Waals surface area (Å²) < 4.78 is 5.42. The van der Waals surface area contributed by atoms with Crippen LogP contribution in [-0.4, -0.2) is 18.1 Å². The molecule has 3 nitrogen and oxygen atoms in total. The number of aromatic nitrogens is 1. The van der Waals surface area contributed by atoms with E-state index in [1.54, 1.807) is 0 Å². The maximum Gasteiger partial charge on any atom is 0.218 e. The Hall–Kier alpha value is -0.960. The Morgan fingerprint density at radius 2 is 2.21 bits per heavy atom. The van der Waals surface area contributed by atoms with Gasteiger partial charge < -0.3 is 10.1 Å². The minimum Gasteiger partial charge on any atom is -0.477 e. The first-order valence-electron chi connectivity index (χ1n) is 4.94. The van der Waals surface area contributed by atoms with Crippen LogP contribution in [-0.2, 0) is 12.8 Å². The Balaban J connectivity index is 2.22. The molecule has 2 aliphatic rings. The monoisotopic (exact) mass is 210 g/mol. The summed E-state index contributed by atoms with van der Waals surface area (Å²) >= 11 is 6.07. The summed E-state index contributed by atoms with van der Waals surface area (Å²) in [5.41, 5.74) is 3.61. The highest BCUT2D eigenvalue weighted by Crippen LogP contribution is 2.38. The first-order chi connectivity index (χ1) is 6.86. The molecule has 0 atom stereocenters. The number of pyridine rings is 1. The van der Waals surface area contributed by atoms with Gasteiger partial charge in [-0.25, -0.2) is 0 Å². The molecule has 2 aliphatic heterocycles. The van der Waals surface area contributed by atoms with Crippen molar-refractivity contribution in [3.8, 4) is 5.88 Å². The lowest BCUT2D eigenvalue weighted by Gasteiger charge is -2.20. The fourth-order valence-corrected chi connectivity index (χ4v) is 2.44. The average molecular weight is 211 g/mol. The van der Waals surface area contributed by atoms with Crippen LogP contribution in [0.2, 0.25) is 5.15 Å². The number of hydrogen-bond donors (Lipinski definition) is 1. The number of nitrogens with zero attached hydrogens (tertiary/aromatic N) is 1. The van der Waals surface area contributed by atoms with Crippen molar-refractivity contribution in [3.63, 3.8) is 0 Å². The summed E-state index contributed by atoms with van der Waals surface area (Å²) in [7, 11) is 0. The summed E-state index contributed by atoms with van der Waals surface area (Å²) in [6.07, 6.45) is 3.24. The van der Waals surface area contributed by atoms with Crippen LogP contribution in [0.5, 0.6) is 5.88 Å². The molecular weight excluding hydrogens is 200 g/mol. The molecule has 0 spiro atoms. The van der Waals surface area contributed by atoms with Gasteiger partial charge in [-0.3, -0.25) is 0 Å². The largest absolute Gasteiger partial charge is 0.477 e. The molecule has 0 unspecified atom stereocenters. The van der Waals surface area contributed by atoms with E-state index in [-0.39, 0.29) is 0 Å². The van der Waals surface area contributed by atoms with E-state index in [4.69, 9.17) is 16.3 Å². The van der Waals surface area contributed by atoms with E-state index in [1.807, 2.05) is 0 Å². The lowest BCUT2D eigenvalue weighted by atomic mass is 9.99. The van der Waals surface area contributed by atoms with Gasteiger partial charge in [0, 0.05) is 18.5 Å². The highest BCUT2D eigenvalue weighted by atomic mass is 35.5. The van der Waals surface area contributed by atoms with Crippen molar-refractivity contribution in [1.29, 1.82) is 0 Å². The number of rotatable bonds is 0. The molecule has 0 radical (unpaired) electrons. The van der Waals surface area contributed by atoms with Crippen molar-refractivity contribution in [2.75, 3.05) is 18.5 Å². The van der Waals surface area contributed by atoms with Crippen molar-refractivity contribution in [2.24, 2.45) is 0 Å². The molecule has 0 fully saturated rings. The fraction of sp³-hybridized carbons (Fsp3) is 0.500. The molecule has 0 saturated heterocycles. The molecule has 0 amide bonds. The number of fused-ring (bicyclic) bond motifs is 3. The molecule has 1 N–H and O–H groups in total. The third-order valence-electron chi connectivity index (χ3n) is 2.83. The van der Waals surface area contributed by atoms with E-state index in [1.165, 1.54) is 17.5 Å². The Morgan fingerprint density at radius 1 is 1.29 bits per heavy atom. The third-order valence-corrected chi connectivity index (χ3v) is 3.10. The van der Waals surface area contributed by atoms with E-state index in [0.717, 1.165) is 37.6 Å². The van der Waals surface area contributed by atoms with E-state index in [9.17, 15) is 0 Å². The summed E-state index contributed by atoms with van der Waals surface area (Å²) in [6.45, 7) is 1.74. The highest BCUT2D eigenvalue weighted by Gasteiger charge is 2.24. The molecule has 0 aliphatic carbocycles. The van der Waals surface area contributed by atoms with Gasteiger partial charge in [-0.15, -0.1) is 0 Å². The molecule has 0 bridgehead atoms. The van der Waals surface area contributed by atoms with Gasteiger partial charge in [0.2, 0.25) is 5.88 Å². The van der Waals surface area contributed by atoms with Gasteiger partial charge in [-0.2, -0.15) is 4.98 Å². The number of anilines is 1. The van der Waals surface area contributed by atoms with Crippen LogP contribution in [0, 0.1) is 0 Å². The topological polar surface area (TPSA) is 34.2 Å². The van der Waals surface area contributed by atoms with E-state index in [2.05, 4.69) is 10.3 Å². The standard InChI is InChI=1S/C10H11ClN2O/c11-9-8-6(2-1-4-12-8)7-3-5-14-10(7)13-9/h12H,1-5H2. The Kier molecular flexibility index (Phi) is 1.80. The minimum absolute atomic E-state index is 0.556. The van der Waals surface area contributed by atoms with Crippen molar-refractivity contribution >= 4 is 17.3 Å². The Labute approximate surface area is 87.4 Å². The minimum atomic E-state index is 0.556. The zero-order valence-corrected chi connectivity index (χ0v) is 8.52. The Bertz CT molecular complexity index is 388. The van der Waals surface area contributed by atoms with Crippen LogP contribution < -0.4 is 10.1 Å². The molecule has 3 heterocycles. The summed E-state index contributed by atoms with van der Waals surface area (Å²) in [5.74, 6) is 0.748. The van der Waals surface area contributed by atoms with Crippen molar-refractivity contribution < 1.29 is 4.74 Å². The van der Waals surface area contributed by atoms with Crippen LogP contribution in [0.15, 0.2) is 0 Å². The predicted octanol–water partition coefficient (Wildman–Crippen LogP) is 2.03. The maximum absolute atomic E-state index is 6.07. The molecule has 4 heteroatoms. The van der Waals surface area contributed by atoms with Gasteiger partial charge in [-0.05, 0) is 18.4 Å². The Morgan fingerprint density at radius 3 is 3.14 bits per heavy atom. The molecule has 74 valence electrons. The number of nitrogens with one attached hydrogen (secondary N) is 1. The number of ether oxygens (including phenoxy) is 1. The van der Waals surface area contributed by atoms with E-state index in [0.29, 0.717) is 5.15 Å². The second kappa shape index (κ2) is 3.02. The molecule has 14 heavy (non-hydrogen) atoms. The van der Waals surface area contributed by atoms with Crippen LogP contribution in [0.25, 0.3) is 0 Å². The molecule has 1 aromatic rings. The van der Waals surface area contributed by atoms with E-state index < -0.39 is 0 Å². The average Bonchev–Trinajstić information content (AvgIpc) is 2.66. The maximum atomic E-state index is 6.07. The summed E-state index contributed by atoms with van der Waals surface area (Å²) in [5, 5.41) is 3.87. The number of hydrogen-bond acceptors (Lipinski definition) is 3. The quantitative estimate of drug-likeness (QED) is 0.666. The second-order valence-corrected chi connectivity index (χ2v) is 4.03. The lowest BCUT2D eigenvalue weighted by Crippen LogP contribution is -2.14. The van der Waals surface area contributed by atoms with Gasteiger partial charge >= 0.3 is 0 Å². The molecule has 3 rings (SSSR count). The lowest BCUT2D eigenvalue weighted by molar-refractivity contribution is 0.345. The highest BCUT2D eigenvalue weighted by molar-refractivity contribution is 6.32. The normalized spacial score (nSPS) is 18.1. The van der Waals surface area contributed by atoms with Crippen LogP contribution in [0.4, 0.5) is 5.69 Å². The number of halogens is 1. The third kappa shape index (κ3) is 1.08. The van der Waals surface area contributed by atoms with Crippen LogP contribution >= 0.6 is 11.6 Å². The van der Waals surface area contributed by atoms with Gasteiger partial charge in [0.1, 0.15) is 0 Å². The fourth-order valence-electron chi connectivity index (χ4n) is 2.18. The van der Waals surface area contributed by atoms with Crippen molar-refractivity contribution in [3.05, 3.63) is 16.3 Å². The van der Waals surface area contributed by atoms with Crippen molar-refractivity contribution in [2.45, 2.75) is 19.3 Å². The zero-order valence-electron chi connectivity index (χ0n) is 7.77. The van der Waals surface area contributed by atoms with Gasteiger partial charge in [0.05, 0.1) is 12.3 Å². The van der Waals surface area contributed by atoms with Crippen LogP contribution in [0.3, 0.4) is 0 Å². The second-order valence-electron chi connectivity index (χ2n) is 3.67. The summed E-state index contributed by atoms with van der Waals surface area (Å²) in [4.78, 5) is 4.25. The first-order valence-corrected chi connectivity index (χ1v) is 5.32. The van der Waals surface area contributed by atoms with Gasteiger partial charge in [0.15, 0.2) is 5.15 Å². The molecular formula is C10H11ClN2O. The first kappa shape index (κ1) is 8.36. The summed E-state index contributed by atoms with van der Waals surface area (Å²) in [6, 6.07) is 0. The smallest absolute Gasteiger partial charge is 0.218 e. The zero-order chi connectivity index (χ0) is 9.54.